The van der Waals surface area contributed by atoms with Crippen molar-refractivity contribution >= 4 is 12.0 Å². The fourth-order valence-corrected chi connectivity index (χ4v) is 0.841. The fraction of sp³-hybridized carbons (Fsp3) is 0.111. The molecule has 0 aliphatic heterocycles. The molecule has 1 heterocycles. The monoisotopic (exact) mass is 179 g/mol. The van der Waals surface area contributed by atoms with Gasteiger partial charge in [-0.25, -0.2) is 4.79 Å². The van der Waals surface area contributed by atoms with Gasteiger partial charge in [0, 0.05) is 12.3 Å². The highest BCUT2D eigenvalue weighted by Crippen LogP contribution is 2.03. The second-order valence-corrected chi connectivity index (χ2v) is 2.42. The summed E-state index contributed by atoms with van der Waals surface area (Å²) >= 11 is 0. The van der Waals surface area contributed by atoms with Crippen molar-refractivity contribution in [2.24, 2.45) is 0 Å². The predicted molar refractivity (Wildman–Crippen MR) is 46.8 cm³/mol. The van der Waals surface area contributed by atoms with Crippen LogP contribution in [0, 0.1) is 0 Å². The molecular formula is C9H9NO3. The first kappa shape index (κ1) is 9.41. The van der Waals surface area contributed by atoms with Gasteiger partial charge in [-0.1, -0.05) is 0 Å². The van der Waals surface area contributed by atoms with Crippen LogP contribution in [-0.2, 0) is 11.4 Å². The number of aromatic nitrogens is 1. The number of rotatable bonds is 3. The maximum atomic E-state index is 10.2. The van der Waals surface area contributed by atoms with E-state index in [-0.39, 0.29) is 6.61 Å². The van der Waals surface area contributed by atoms with Gasteiger partial charge >= 0.3 is 5.97 Å². The van der Waals surface area contributed by atoms with Gasteiger partial charge in [-0.3, -0.25) is 4.98 Å². The first-order valence-electron chi connectivity index (χ1n) is 3.69. The average Bonchev–Trinajstić information content (AvgIpc) is 2.15. The fourth-order valence-electron chi connectivity index (χ4n) is 0.841. The highest BCUT2D eigenvalue weighted by atomic mass is 16.4. The third-order valence-electron chi connectivity index (χ3n) is 1.42. The van der Waals surface area contributed by atoms with Gasteiger partial charge < -0.3 is 10.2 Å². The van der Waals surface area contributed by atoms with Crippen LogP contribution in [0.3, 0.4) is 0 Å². The Morgan fingerprint density at radius 3 is 3.00 bits per heavy atom. The molecular weight excluding hydrogens is 170 g/mol. The molecule has 4 heteroatoms. The van der Waals surface area contributed by atoms with Crippen LogP contribution in [0.25, 0.3) is 6.08 Å². The summed E-state index contributed by atoms with van der Waals surface area (Å²) in [7, 11) is 0. The van der Waals surface area contributed by atoms with E-state index in [0.29, 0.717) is 11.3 Å². The normalized spacial score (nSPS) is 10.5. The number of aliphatic hydroxyl groups excluding tert-OH is 1. The van der Waals surface area contributed by atoms with Crippen LogP contribution in [-0.4, -0.2) is 21.2 Å². The lowest BCUT2D eigenvalue weighted by molar-refractivity contribution is -0.131. The maximum Gasteiger partial charge on any atom is 0.328 e. The number of carboxylic acids is 1. The zero-order valence-electron chi connectivity index (χ0n) is 6.84. The van der Waals surface area contributed by atoms with E-state index in [1.54, 1.807) is 12.1 Å². The number of hydrogen-bond acceptors (Lipinski definition) is 3. The third kappa shape index (κ3) is 3.04. The van der Waals surface area contributed by atoms with Gasteiger partial charge in [0.1, 0.15) is 0 Å². The van der Waals surface area contributed by atoms with Crippen LogP contribution >= 0.6 is 0 Å². The Labute approximate surface area is 75.2 Å². The molecule has 0 unspecified atom stereocenters. The summed E-state index contributed by atoms with van der Waals surface area (Å²) in [6, 6.07) is 3.29. The molecule has 0 aliphatic carbocycles. The van der Waals surface area contributed by atoms with Gasteiger partial charge in [-0.2, -0.15) is 0 Å². The summed E-state index contributed by atoms with van der Waals surface area (Å²) in [6.07, 6.45) is 3.90. The van der Waals surface area contributed by atoms with Crippen molar-refractivity contribution in [2.45, 2.75) is 6.61 Å². The van der Waals surface area contributed by atoms with Gasteiger partial charge in [0.15, 0.2) is 0 Å². The van der Waals surface area contributed by atoms with E-state index < -0.39 is 5.97 Å². The lowest BCUT2D eigenvalue weighted by atomic mass is 10.2. The van der Waals surface area contributed by atoms with Crippen LogP contribution in [0.5, 0.6) is 0 Å². The summed E-state index contributed by atoms with van der Waals surface area (Å²) in [4.78, 5) is 14.1. The molecule has 1 aromatic rings. The average molecular weight is 179 g/mol. The van der Waals surface area contributed by atoms with E-state index in [0.717, 1.165) is 6.08 Å². The van der Waals surface area contributed by atoms with Crippen molar-refractivity contribution in [3.63, 3.8) is 0 Å². The number of pyridine rings is 1. The van der Waals surface area contributed by atoms with E-state index in [1.165, 1.54) is 12.3 Å². The van der Waals surface area contributed by atoms with Crippen molar-refractivity contribution < 1.29 is 15.0 Å². The minimum absolute atomic E-state index is 0.0730. The van der Waals surface area contributed by atoms with Crippen molar-refractivity contribution in [3.05, 3.63) is 35.7 Å². The predicted octanol–water partition coefficient (Wildman–Crippen LogP) is 0.672. The highest BCUT2D eigenvalue weighted by Gasteiger charge is 1.93. The zero-order valence-corrected chi connectivity index (χ0v) is 6.84. The summed E-state index contributed by atoms with van der Waals surface area (Å²) in [5, 5.41) is 17.1. The number of hydrogen-bond donors (Lipinski definition) is 2. The largest absolute Gasteiger partial charge is 0.478 e. The molecule has 1 aromatic heterocycles. The van der Waals surface area contributed by atoms with Crippen molar-refractivity contribution in [2.75, 3.05) is 0 Å². The Morgan fingerprint density at radius 1 is 1.62 bits per heavy atom. The summed E-state index contributed by atoms with van der Waals surface area (Å²) in [5.74, 6) is -1.02. The van der Waals surface area contributed by atoms with Crippen LogP contribution in [0.2, 0.25) is 0 Å². The van der Waals surface area contributed by atoms with Crippen LogP contribution in [0.15, 0.2) is 24.4 Å². The first-order valence-corrected chi connectivity index (χ1v) is 3.69. The molecule has 0 saturated heterocycles. The molecule has 0 fully saturated rings. The van der Waals surface area contributed by atoms with Crippen LogP contribution in [0.4, 0.5) is 0 Å². The van der Waals surface area contributed by atoms with Gasteiger partial charge in [-0.15, -0.1) is 0 Å². The lowest BCUT2D eigenvalue weighted by Gasteiger charge is -1.95. The Hall–Kier alpha value is -1.68. The third-order valence-corrected chi connectivity index (χ3v) is 1.42. The Bertz CT molecular complexity index is 333. The topological polar surface area (TPSA) is 70.4 Å². The number of carbonyl (C=O) groups is 1. The molecule has 0 aliphatic rings. The summed E-state index contributed by atoms with van der Waals surface area (Å²) in [6.45, 7) is -0.0730. The minimum atomic E-state index is -1.02. The highest BCUT2D eigenvalue weighted by molar-refractivity contribution is 5.84. The molecule has 0 bridgehead atoms. The van der Waals surface area contributed by atoms with E-state index in [4.69, 9.17) is 10.2 Å². The molecule has 4 nitrogen and oxygen atoms in total. The van der Waals surface area contributed by atoms with E-state index in [1.807, 2.05) is 0 Å². The maximum absolute atomic E-state index is 10.2. The van der Waals surface area contributed by atoms with Crippen LogP contribution in [0.1, 0.15) is 11.3 Å². The van der Waals surface area contributed by atoms with Crippen molar-refractivity contribution in [1.82, 2.24) is 4.98 Å². The Morgan fingerprint density at radius 2 is 2.38 bits per heavy atom. The molecule has 0 radical (unpaired) electrons. The molecule has 13 heavy (non-hydrogen) atoms. The molecule has 2 N–H and O–H groups in total. The summed E-state index contributed by atoms with van der Waals surface area (Å²) < 4.78 is 0. The second-order valence-electron chi connectivity index (χ2n) is 2.42. The zero-order chi connectivity index (χ0) is 9.68. The molecule has 68 valence electrons. The van der Waals surface area contributed by atoms with Crippen molar-refractivity contribution in [1.29, 1.82) is 0 Å². The van der Waals surface area contributed by atoms with Gasteiger partial charge in [0.2, 0.25) is 0 Å². The quantitative estimate of drug-likeness (QED) is 0.669. The van der Waals surface area contributed by atoms with E-state index >= 15 is 0 Å². The minimum Gasteiger partial charge on any atom is -0.478 e. The lowest BCUT2D eigenvalue weighted by Crippen LogP contribution is -1.89. The summed E-state index contributed by atoms with van der Waals surface area (Å²) in [5.41, 5.74) is 1.23. The molecule has 0 saturated carbocycles. The van der Waals surface area contributed by atoms with E-state index in [2.05, 4.69) is 4.98 Å². The second kappa shape index (κ2) is 4.37. The van der Waals surface area contributed by atoms with Gasteiger partial charge in [0.05, 0.1) is 12.3 Å². The van der Waals surface area contributed by atoms with Crippen molar-refractivity contribution in [3.8, 4) is 0 Å². The molecule has 0 aromatic carbocycles. The van der Waals surface area contributed by atoms with E-state index in [9.17, 15) is 4.79 Å². The molecule has 1 rings (SSSR count). The Kier molecular flexibility index (Phi) is 3.16. The first-order chi connectivity index (χ1) is 6.22. The molecule has 0 atom stereocenters. The SMILES string of the molecule is O=C(O)C=Cc1cc(CO)ccn1. The molecule has 0 amide bonds. The van der Waals surface area contributed by atoms with Gasteiger partial charge in [0.25, 0.3) is 0 Å². The Balaban J connectivity index is 2.83. The molecule has 0 spiro atoms. The number of aliphatic carboxylic acids is 1. The van der Waals surface area contributed by atoms with Crippen LogP contribution < -0.4 is 0 Å². The standard InChI is InChI=1S/C9H9NO3/c11-6-7-3-4-10-8(5-7)1-2-9(12)13/h1-5,11H,6H2,(H,12,13). The number of carboxylic acid groups (broad SMARTS) is 1. The smallest absolute Gasteiger partial charge is 0.328 e. The number of aliphatic hydroxyl groups is 1. The van der Waals surface area contributed by atoms with Gasteiger partial charge in [-0.05, 0) is 23.8 Å². The number of nitrogens with zero attached hydrogens (tertiary/aromatic N) is 1.